The molecule has 0 bridgehead atoms. The first-order chi connectivity index (χ1) is 10.9. The van der Waals surface area contributed by atoms with Crippen LogP contribution in [0.3, 0.4) is 0 Å². The maximum atomic E-state index is 12.6. The summed E-state index contributed by atoms with van der Waals surface area (Å²) in [6, 6.07) is 6.21. The number of hydrogen-bond acceptors (Lipinski definition) is 1. The third-order valence-corrected chi connectivity index (χ3v) is 7.23. The van der Waals surface area contributed by atoms with Gasteiger partial charge in [0.1, 0.15) is 4.33 Å². The second-order valence-electron chi connectivity index (χ2n) is 7.76. The fraction of sp³-hybridized carbons (Fsp3) is 0.632. The summed E-state index contributed by atoms with van der Waals surface area (Å²) in [5.41, 5.74) is 3.29. The van der Waals surface area contributed by atoms with Crippen molar-refractivity contribution in [1.29, 1.82) is 0 Å². The van der Waals surface area contributed by atoms with Crippen LogP contribution < -0.4 is 5.32 Å². The molecule has 124 valence electrons. The van der Waals surface area contributed by atoms with Gasteiger partial charge in [-0.3, -0.25) is 4.79 Å². The van der Waals surface area contributed by atoms with Crippen LogP contribution in [0.5, 0.6) is 0 Å². The Morgan fingerprint density at radius 2 is 1.52 bits per heavy atom. The van der Waals surface area contributed by atoms with Gasteiger partial charge < -0.3 is 5.32 Å². The van der Waals surface area contributed by atoms with Gasteiger partial charge in [0.25, 0.3) is 0 Å². The largest absolute Gasteiger partial charge is 0.326 e. The maximum absolute atomic E-state index is 12.6. The lowest BCUT2D eigenvalue weighted by molar-refractivity contribution is -0.117. The number of benzene rings is 1. The minimum Gasteiger partial charge on any atom is -0.326 e. The number of carbonyl (C=O) groups is 1. The van der Waals surface area contributed by atoms with E-state index in [0.29, 0.717) is 23.7 Å². The van der Waals surface area contributed by atoms with Crippen molar-refractivity contribution in [2.45, 2.75) is 43.9 Å². The molecule has 4 rings (SSSR count). The summed E-state index contributed by atoms with van der Waals surface area (Å²) in [5, 5.41) is 3.13. The first-order valence-corrected chi connectivity index (χ1v) is 9.40. The van der Waals surface area contributed by atoms with Crippen molar-refractivity contribution in [2.75, 3.05) is 5.32 Å². The second kappa shape index (κ2) is 5.39. The quantitative estimate of drug-likeness (QED) is 0.738. The number of hydrogen-bond donors (Lipinski definition) is 1. The van der Waals surface area contributed by atoms with Gasteiger partial charge in [0, 0.05) is 11.6 Å². The van der Waals surface area contributed by atoms with E-state index in [9.17, 15) is 4.79 Å². The Balaban J connectivity index is 1.40. The lowest BCUT2D eigenvalue weighted by atomic mass is 10.0. The molecule has 0 saturated heterocycles. The van der Waals surface area contributed by atoms with Crippen LogP contribution >= 0.6 is 23.2 Å². The molecule has 0 aliphatic heterocycles. The fourth-order valence-electron chi connectivity index (χ4n) is 4.89. The van der Waals surface area contributed by atoms with Gasteiger partial charge in [-0.05, 0) is 86.5 Å². The van der Waals surface area contributed by atoms with Crippen LogP contribution in [0.15, 0.2) is 18.2 Å². The van der Waals surface area contributed by atoms with Crippen LogP contribution in [-0.4, -0.2) is 10.2 Å². The van der Waals surface area contributed by atoms with E-state index < -0.39 is 4.33 Å². The van der Waals surface area contributed by atoms with Gasteiger partial charge in [0.05, 0.1) is 0 Å². The molecule has 0 spiro atoms. The number of carbonyl (C=O) groups excluding carboxylic acids is 1. The molecule has 4 heteroatoms. The summed E-state index contributed by atoms with van der Waals surface area (Å²) < 4.78 is -0.479. The average molecular weight is 352 g/mol. The Labute approximate surface area is 147 Å². The summed E-state index contributed by atoms with van der Waals surface area (Å²) in [4.78, 5) is 12.6. The summed E-state index contributed by atoms with van der Waals surface area (Å²) in [6.07, 6.45) is 4.34. The molecule has 0 aromatic heterocycles. The predicted molar refractivity (Wildman–Crippen MR) is 94.9 cm³/mol. The van der Waals surface area contributed by atoms with Gasteiger partial charge >= 0.3 is 0 Å². The topological polar surface area (TPSA) is 29.1 Å². The van der Waals surface area contributed by atoms with Crippen LogP contribution in [0.4, 0.5) is 5.69 Å². The first kappa shape index (κ1) is 15.8. The monoisotopic (exact) mass is 351 g/mol. The summed E-state index contributed by atoms with van der Waals surface area (Å²) in [5.74, 6) is 2.36. The molecule has 4 atom stereocenters. The lowest BCUT2D eigenvalue weighted by Gasteiger charge is -2.07. The van der Waals surface area contributed by atoms with Gasteiger partial charge in [-0.2, -0.15) is 0 Å². The Morgan fingerprint density at radius 3 is 2.04 bits per heavy atom. The van der Waals surface area contributed by atoms with Crippen molar-refractivity contribution in [2.24, 2.45) is 29.6 Å². The van der Waals surface area contributed by atoms with Crippen LogP contribution in [0.2, 0.25) is 0 Å². The highest BCUT2D eigenvalue weighted by molar-refractivity contribution is 6.51. The van der Waals surface area contributed by atoms with Crippen molar-refractivity contribution < 1.29 is 4.79 Å². The van der Waals surface area contributed by atoms with Crippen molar-refractivity contribution >= 4 is 34.8 Å². The Morgan fingerprint density at radius 1 is 1.00 bits per heavy atom. The van der Waals surface area contributed by atoms with Crippen LogP contribution in [0.25, 0.3) is 0 Å². The van der Waals surface area contributed by atoms with Crippen molar-refractivity contribution in [3.63, 3.8) is 0 Å². The summed E-state index contributed by atoms with van der Waals surface area (Å²) in [6.45, 7) is 4.12. The van der Waals surface area contributed by atoms with Crippen molar-refractivity contribution in [1.82, 2.24) is 0 Å². The molecule has 1 N–H and O–H groups in total. The number of anilines is 1. The van der Waals surface area contributed by atoms with Gasteiger partial charge in [0.15, 0.2) is 0 Å². The molecule has 1 aromatic carbocycles. The smallest absolute Gasteiger partial charge is 0.228 e. The van der Waals surface area contributed by atoms with E-state index in [1.54, 1.807) is 0 Å². The van der Waals surface area contributed by atoms with Crippen molar-refractivity contribution in [3.05, 3.63) is 29.3 Å². The lowest BCUT2D eigenvalue weighted by Crippen LogP contribution is -2.16. The highest BCUT2D eigenvalue weighted by Crippen LogP contribution is 2.67. The van der Waals surface area contributed by atoms with Gasteiger partial charge in [-0.1, -0.05) is 6.07 Å². The average Bonchev–Trinajstić information content (AvgIpc) is 3.22. The third-order valence-electron chi connectivity index (χ3n) is 6.11. The number of aryl methyl sites for hydroxylation is 2. The highest BCUT2D eigenvalue weighted by atomic mass is 35.5. The van der Waals surface area contributed by atoms with Gasteiger partial charge in [-0.15, -0.1) is 23.2 Å². The molecule has 23 heavy (non-hydrogen) atoms. The standard InChI is InChI=1S/C19H23Cl2NO/c1-10-7-11(2)9-12(8-10)22-18(23)17-13-3-5-15-16(19(15,20)21)6-4-14(13)17/h7-9,13-17H,3-6H2,1-2H3,(H,22,23)/t13-,14-,15+,16+/m0/s1. The number of alkyl halides is 2. The molecule has 3 aliphatic carbocycles. The molecular formula is C19H23Cl2NO. The SMILES string of the molecule is Cc1cc(C)cc(NC(=O)C2[C@H]3CC[C@@H]4[C@@H](CC[C@H]23)C4(Cl)Cl)c1. The van der Waals surface area contributed by atoms with E-state index in [-0.39, 0.29) is 11.8 Å². The Hall–Kier alpha value is -0.730. The number of fused-ring (bicyclic) bond motifs is 2. The van der Waals surface area contributed by atoms with Crippen LogP contribution in [0.1, 0.15) is 36.8 Å². The second-order valence-corrected chi connectivity index (χ2v) is 9.21. The fourth-order valence-corrected chi connectivity index (χ4v) is 5.80. The molecular weight excluding hydrogens is 329 g/mol. The van der Waals surface area contributed by atoms with E-state index in [4.69, 9.17) is 23.2 Å². The van der Waals surface area contributed by atoms with E-state index in [1.807, 2.05) is 12.1 Å². The Kier molecular flexibility index (Phi) is 3.70. The highest BCUT2D eigenvalue weighted by Gasteiger charge is 2.65. The summed E-state index contributed by atoms with van der Waals surface area (Å²) in [7, 11) is 0. The minimum atomic E-state index is -0.479. The van der Waals surface area contributed by atoms with Gasteiger partial charge in [0.2, 0.25) is 5.91 Å². The molecule has 1 amide bonds. The molecule has 0 heterocycles. The molecule has 0 unspecified atom stereocenters. The number of rotatable bonds is 2. The zero-order chi connectivity index (χ0) is 16.4. The predicted octanol–water partition coefficient (Wildman–Crippen LogP) is 5.10. The zero-order valence-electron chi connectivity index (χ0n) is 13.6. The number of nitrogens with one attached hydrogen (secondary N) is 1. The molecule has 0 radical (unpaired) electrons. The molecule has 3 fully saturated rings. The molecule has 3 aliphatic rings. The molecule has 3 saturated carbocycles. The Bertz CT molecular complexity index is 615. The van der Waals surface area contributed by atoms with Crippen molar-refractivity contribution in [3.8, 4) is 0 Å². The maximum Gasteiger partial charge on any atom is 0.228 e. The van der Waals surface area contributed by atoms with E-state index in [1.165, 1.54) is 11.1 Å². The van der Waals surface area contributed by atoms with Gasteiger partial charge in [-0.25, -0.2) is 0 Å². The normalized spacial score (nSPS) is 37.0. The number of amides is 1. The zero-order valence-corrected chi connectivity index (χ0v) is 15.1. The van der Waals surface area contributed by atoms with E-state index in [0.717, 1.165) is 31.4 Å². The number of halogens is 2. The van der Waals surface area contributed by atoms with E-state index >= 15 is 0 Å². The third kappa shape index (κ3) is 2.78. The summed E-state index contributed by atoms with van der Waals surface area (Å²) >= 11 is 12.7. The molecule has 2 nitrogen and oxygen atoms in total. The molecule has 1 aromatic rings. The first-order valence-electron chi connectivity index (χ1n) is 8.65. The van der Waals surface area contributed by atoms with Crippen LogP contribution in [0, 0.1) is 43.4 Å². The van der Waals surface area contributed by atoms with E-state index in [2.05, 4.69) is 25.2 Å². The minimum absolute atomic E-state index is 0.188. The van der Waals surface area contributed by atoms with Crippen LogP contribution in [-0.2, 0) is 4.79 Å².